The maximum atomic E-state index is 13.1. The fourth-order valence-electron chi connectivity index (χ4n) is 3.43. The highest BCUT2D eigenvalue weighted by molar-refractivity contribution is 5.78. The first-order valence-electron chi connectivity index (χ1n) is 9.12. The molecule has 29 heavy (non-hydrogen) atoms. The molecule has 1 aliphatic heterocycles. The molecule has 0 amide bonds. The van der Waals surface area contributed by atoms with Crippen LogP contribution in [0.5, 0.6) is 0 Å². The van der Waals surface area contributed by atoms with E-state index >= 15 is 0 Å². The summed E-state index contributed by atoms with van der Waals surface area (Å²) in [5.41, 5.74) is 0.609. The summed E-state index contributed by atoms with van der Waals surface area (Å²) in [6, 6.07) is 6.76. The summed E-state index contributed by atoms with van der Waals surface area (Å²) in [6.45, 7) is 4.50. The quantitative estimate of drug-likeness (QED) is 0.696. The van der Waals surface area contributed by atoms with Gasteiger partial charge in [-0.25, -0.2) is 9.78 Å². The lowest BCUT2D eigenvalue weighted by atomic mass is 9.78. The fraction of sp³-hybridized carbons (Fsp3) is 0.286. The normalized spacial score (nSPS) is 18.4. The average Bonchev–Trinajstić information content (AvgIpc) is 2.97. The molecule has 0 fully saturated rings. The Morgan fingerprint density at radius 3 is 2.72 bits per heavy atom. The van der Waals surface area contributed by atoms with Crippen molar-refractivity contribution in [1.29, 1.82) is 0 Å². The van der Waals surface area contributed by atoms with Crippen LogP contribution in [0.3, 0.4) is 0 Å². The van der Waals surface area contributed by atoms with E-state index in [0.717, 1.165) is 12.1 Å². The summed E-state index contributed by atoms with van der Waals surface area (Å²) in [7, 11) is 0. The van der Waals surface area contributed by atoms with Gasteiger partial charge in [0.2, 0.25) is 0 Å². The van der Waals surface area contributed by atoms with E-state index < -0.39 is 11.7 Å². The highest BCUT2D eigenvalue weighted by atomic mass is 19.4. The molecule has 2 aromatic heterocycles. The minimum Gasteiger partial charge on any atom is -0.290 e. The van der Waals surface area contributed by atoms with Gasteiger partial charge < -0.3 is 0 Å². The number of pyridine rings is 1. The first-order valence-corrected chi connectivity index (χ1v) is 9.12. The Balaban J connectivity index is 1.77. The van der Waals surface area contributed by atoms with Crippen molar-refractivity contribution in [3.63, 3.8) is 0 Å². The van der Waals surface area contributed by atoms with Crippen molar-refractivity contribution in [2.75, 3.05) is 0 Å². The summed E-state index contributed by atoms with van der Waals surface area (Å²) in [5, 5.41) is 0. The van der Waals surface area contributed by atoms with Crippen LogP contribution in [0.4, 0.5) is 13.2 Å². The second-order valence-corrected chi connectivity index (χ2v) is 7.75. The number of hydrogen-bond donors (Lipinski definition) is 1. The van der Waals surface area contributed by atoms with Gasteiger partial charge in [-0.15, -0.1) is 0 Å². The van der Waals surface area contributed by atoms with Crippen LogP contribution in [0.15, 0.2) is 58.6 Å². The maximum absolute atomic E-state index is 13.1. The molecule has 3 aromatic rings. The fourth-order valence-corrected chi connectivity index (χ4v) is 3.43. The first kappa shape index (κ1) is 19.2. The third-order valence-corrected chi connectivity index (χ3v) is 5.34. The van der Waals surface area contributed by atoms with Crippen LogP contribution in [0.2, 0.25) is 0 Å². The van der Waals surface area contributed by atoms with Crippen molar-refractivity contribution in [2.24, 2.45) is 16.3 Å². The van der Waals surface area contributed by atoms with Crippen LogP contribution in [0.1, 0.15) is 19.4 Å². The average molecular weight is 400 g/mol. The van der Waals surface area contributed by atoms with Crippen LogP contribution in [0, 0.1) is 11.3 Å². The molecule has 5 nitrogen and oxygen atoms in total. The predicted octanol–water partition coefficient (Wildman–Crippen LogP) is 4.65. The number of nitrogens with one attached hydrogen (secondary N) is 1. The number of H-pyrrole nitrogens is 1. The summed E-state index contributed by atoms with van der Waals surface area (Å²) in [5.74, 6) is -0.0126. The Kier molecular flexibility index (Phi) is 4.44. The van der Waals surface area contributed by atoms with Gasteiger partial charge in [-0.05, 0) is 29.2 Å². The zero-order chi connectivity index (χ0) is 20.8. The Labute approximate surface area is 164 Å². The molecule has 150 valence electrons. The van der Waals surface area contributed by atoms with Gasteiger partial charge in [0.1, 0.15) is 0 Å². The second kappa shape index (κ2) is 6.72. The van der Waals surface area contributed by atoms with Crippen LogP contribution in [0.25, 0.3) is 22.3 Å². The summed E-state index contributed by atoms with van der Waals surface area (Å²) >= 11 is 0. The molecular formula is C21H19F3N4O. The van der Waals surface area contributed by atoms with Crippen molar-refractivity contribution in [3.8, 4) is 11.1 Å². The van der Waals surface area contributed by atoms with E-state index in [2.05, 4.69) is 28.8 Å². The minimum atomic E-state index is -4.43. The number of aromatic amines is 1. The van der Waals surface area contributed by atoms with Crippen molar-refractivity contribution >= 4 is 17.4 Å². The molecule has 1 N–H and O–H groups in total. The second-order valence-electron chi connectivity index (χ2n) is 7.75. The highest BCUT2D eigenvalue weighted by Crippen LogP contribution is 2.33. The number of rotatable bonds is 3. The number of imidazole rings is 1. The van der Waals surface area contributed by atoms with Gasteiger partial charge in [0.25, 0.3) is 0 Å². The molecule has 1 aliphatic rings. The summed E-state index contributed by atoms with van der Waals surface area (Å²) < 4.78 is 40.7. The largest absolute Gasteiger partial charge is 0.416 e. The molecule has 8 heteroatoms. The Morgan fingerprint density at radius 2 is 2.00 bits per heavy atom. The Morgan fingerprint density at radius 1 is 1.21 bits per heavy atom. The molecule has 4 rings (SSSR count). The van der Waals surface area contributed by atoms with Crippen LogP contribution < -0.4 is 5.69 Å². The van der Waals surface area contributed by atoms with E-state index in [4.69, 9.17) is 0 Å². The number of aliphatic imine (C=N–C) groups is 1. The molecule has 1 atom stereocenters. The van der Waals surface area contributed by atoms with E-state index in [0.29, 0.717) is 28.8 Å². The lowest BCUT2D eigenvalue weighted by Gasteiger charge is -2.30. The smallest absolute Gasteiger partial charge is 0.290 e. The van der Waals surface area contributed by atoms with Crippen molar-refractivity contribution in [3.05, 3.63) is 64.9 Å². The molecule has 1 unspecified atom stereocenters. The van der Waals surface area contributed by atoms with Gasteiger partial charge >= 0.3 is 11.9 Å². The van der Waals surface area contributed by atoms with Gasteiger partial charge in [0.15, 0.2) is 5.65 Å². The molecular weight excluding hydrogens is 381 g/mol. The van der Waals surface area contributed by atoms with Crippen LogP contribution in [-0.4, -0.2) is 20.7 Å². The Hall–Kier alpha value is -3.16. The summed E-state index contributed by atoms with van der Waals surface area (Å²) in [6.07, 6.45) is 2.58. The van der Waals surface area contributed by atoms with Gasteiger partial charge in [0.05, 0.1) is 11.1 Å². The first-order chi connectivity index (χ1) is 13.6. The Bertz CT molecular complexity index is 1180. The lowest BCUT2D eigenvalue weighted by Crippen LogP contribution is -2.32. The molecule has 3 heterocycles. The van der Waals surface area contributed by atoms with Crippen molar-refractivity contribution in [2.45, 2.75) is 26.6 Å². The number of aromatic nitrogens is 3. The van der Waals surface area contributed by atoms with E-state index in [1.165, 1.54) is 12.3 Å². The third kappa shape index (κ3) is 3.62. The van der Waals surface area contributed by atoms with Gasteiger partial charge in [-0.3, -0.25) is 14.5 Å². The molecule has 0 saturated heterocycles. The maximum Gasteiger partial charge on any atom is 0.416 e. The molecule has 0 bridgehead atoms. The molecule has 0 spiro atoms. The zero-order valence-corrected chi connectivity index (χ0v) is 15.9. The number of alkyl halides is 3. The topological polar surface area (TPSA) is 63.0 Å². The molecule has 0 aliphatic carbocycles. The third-order valence-electron chi connectivity index (χ3n) is 5.34. The SMILES string of the molecule is CC1(C)C=CN=CC1Cn1c(=O)[nH]c2ncc(-c3cccc(C(F)(F)F)c3)cc21. The van der Waals surface area contributed by atoms with Crippen LogP contribution in [-0.2, 0) is 12.7 Å². The van der Waals surface area contributed by atoms with E-state index in [9.17, 15) is 18.0 Å². The highest BCUT2D eigenvalue weighted by Gasteiger charge is 2.31. The van der Waals surface area contributed by atoms with Crippen LogP contribution >= 0.6 is 0 Å². The number of halogens is 3. The predicted molar refractivity (Wildman–Crippen MR) is 106 cm³/mol. The number of fused-ring (bicyclic) bond motifs is 1. The van der Waals surface area contributed by atoms with Crippen molar-refractivity contribution < 1.29 is 13.2 Å². The zero-order valence-electron chi connectivity index (χ0n) is 15.9. The van der Waals surface area contributed by atoms with Gasteiger partial charge in [-0.1, -0.05) is 32.1 Å². The monoisotopic (exact) mass is 400 g/mol. The van der Waals surface area contributed by atoms with E-state index in [-0.39, 0.29) is 17.0 Å². The summed E-state index contributed by atoms with van der Waals surface area (Å²) in [4.78, 5) is 23.7. The standard InChI is InChI=1S/C21H19F3N4O/c1-20(2)6-7-25-11-16(20)12-28-17-9-14(10-26-18(17)27-19(28)29)13-4-3-5-15(8-13)21(22,23)24/h3-11,16H,12H2,1-2H3,(H,26,27,29). The van der Waals surface area contributed by atoms with E-state index in [1.54, 1.807) is 22.9 Å². The lowest BCUT2D eigenvalue weighted by molar-refractivity contribution is -0.137. The molecule has 1 aromatic carbocycles. The molecule has 0 saturated carbocycles. The number of benzene rings is 1. The van der Waals surface area contributed by atoms with Crippen molar-refractivity contribution in [1.82, 2.24) is 14.5 Å². The van der Waals surface area contributed by atoms with Gasteiger partial charge in [-0.2, -0.15) is 13.2 Å². The number of allylic oxidation sites excluding steroid dienone is 1. The number of hydrogen-bond acceptors (Lipinski definition) is 3. The number of nitrogens with zero attached hydrogens (tertiary/aromatic N) is 3. The van der Waals surface area contributed by atoms with E-state index in [1.807, 2.05) is 12.3 Å². The molecule has 0 radical (unpaired) electrons. The van der Waals surface area contributed by atoms with Gasteiger partial charge in [0, 0.05) is 36.6 Å². The minimum absolute atomic E-state index is 0.0126.